The number of halogens is 1. The van der Waals surface area contributed by atoms with Crippen LogP contribution in [0, 0.1) is 0 Å². The maximum atomic E-state index is 12.0. The Hall–Kier alpha value is -0.470. The number of hydrogen-bond acceptors (Lipinski definition) is 5. The van der Waals surface area contributed by atoms with Crippen LogP contribution in [0.25, 0.3) is 0 Å². The van der Waals surface area contributed by atoms with Gasteiger partial charge in [-0.15, -0.1) is 0 Å². The van der Waals surface area contributed by atoms with Crippen molar-refractivity contribution in [3.63, 3.8) is 0 Å². The topological polar surface area (TPSA) is 94.8 Å². The van der Waals surface area contributed by atoms with Crippen molar-refractivity contribution in [1.82, 2.24) is 0 Å². The lowest BCUT2D eigenvalue weighted by Crippen LogP contribution is -2.31. The summed E-state index contributed by atoms with van der Waals surface area (Å²) in [6.07, 6.45) is -2.32. The maximum absolute atomic E-state index is 12.0. The predicted molar refractivity (Wildman–Crippen MR) is 74.9 cm³/mol. The van der Waals surface area contributed by atoms with E-state index in [4.69, 9.17) is 5.11 Å². The third-order valence-corrected chi connectivity index (χ3v) is 5.33. The van der Waals surface area contributed by atoms with Crippen molar-refractivity contribution in [2.24, 2.45) is 0 Å². The van der Waals surface area contributed by atoms with Crippen molar-refractivity contribution in [2.75, 3.05) is 12.4 Å². The number of aliphatic hydroxyl groups excluding tert-OH is 3. The summed E-state index contributed by atoms with van der Waals surface area (Å²) >= 11 is 3.03. The molecule has 19 heavy (non-hydrogen) atoms. The summed E-state index contributed by atoms with van der Waals surface area (Å²) in [7, 11) is -3.58. The fourth-order valence-electron chi connectivity index (χ4n) is 1.59. The van der Waals surface area contributed by atoms with Crippen molar-refractivity contribution in [1.29, 1.82) is 0 Å². The van der Waals surface area contributed by atoms with Gasteiger partial charge in [0.15, 0.2) is 9.84 Å². The molecule has 0 aliphatic rings. The van der Waals surface area contributed by atoms with Crippen molar-refractivity contribution in [2.45, 2.75) is 28.4 Å². The number of rotatable bonds is 7. The molecular formula is C12H17BrO5S. The average molecular weight is 353 g/mol. The first-order chi connectivity index (χ1) is 8.86. The normalized spacial score (nSPS) is 16.8. The van der Waals surface area contributed by atoms with E-state index in [1.54, 1.807) is 18.2 Å². The Labute approximate surface area is 120 Å². The summed E-state index contributed by atoms with van der Waals surface area (Å²) in [6.45, 7) is -0.292. The van der Waals surface area contributed by atoms with Gasteiger partial charge < -0.3 is 15.3 Å². The second-order valence-corrected chi connectivity index (χ2v) is 7.46. The van der Waals surface area contributed by atoms with Crippen LogP contribution in [0.2, 0.25) is 0 Å². The van der Waals surface area contributed by atoms with E-state index in [2.05, 4.69) is 15.9 Å². The number of sulfone groups is 1. The van der Waals surface area contributed by atoms with Crippen LogP contribution in [0.3, 0.4) is 0 Å². The Morgan fingerprint density at radius 1 is 1.16 bits per heavy atom. The first kappa shape index (κ1) is 16.6. The molecule has 108 valence electrons. The van der Waals surface area contributed by atoms with Gasteiger partial charge in [0.2, 0.25) is 0 Å². The highest BCUT2D eigenvalue weighted by atomic mass is 79.9. The average Bonchev–Trinajstić information content (AvgIpc) is 2.38. The molecule has 0 aliphatic heterocycles. The van der Waals surface area contributed by atoms with Gasteiger partial charge in [0, 0.05) is 6.42 Å². The van der Waals surface area contributed by atoms with Crippen LogP contribution < -0.4 is 0 Å². The van der Waals surface area contributed by atoms with Gasteiger partial charge in [-0.2, -0.15) is 0 Å². The molecule has 0 unspecified atom stereocenters. The summed E-state index contributed by atoms with van der Waals surface area (Å²) in [6, 6.07) is 7.83. The number of aliphatic hydroxyl groups is 3. The smallest absolute Gasteiger partial charge is 0.180 e. The first-order valence-corrected chi connectivity index (χ1v) is 8.32. The molecular weight excluding hydrogens is 336 g/mol. The van der Waals surface area contributed by atoms with Gasteiger partial charge in [-0.05, 0) is 12.1 Å². The quantitative estimate of drug-likeness (QED) is 0.614. The molecule has 0 fully saturated rings. The summed E-state index contributed by atoms with van der Waals surface area (Å²) in [5.41, 5.74) is 0. The van der Waals surface area contributed by atoms with Crippen LogP contribution in [0.5, 0.6) is 0 Å². The minimum absolute atomic E-state index is 0.122. The SMILES string of the molecule is O=S(=O)(C[C@@H](O)C[C@@H](O)[C@@H](Br)CO)c1ccccc1. The highest BCUT2D eigenvalue weighted by Gasteiger charge is 2.24. The molecule has 0 aliphatic carbocycles. The van der Waals surface area contributed by atoms with Gasteiger partial charge >= 0.3 is 0 Å². The van der Waals surface area contributed by atoms with Crippen LogP contribution in [0.1, 0.15) is 6.42 Å². The molecule has 0 saturated heterocycles. The molecule has 3 N–H and O–H groups in total. The van der Waals surface area contributed by atoms with Crippen molar-refractivity contribution in [3.8, 4) is 0 Å². The zero-order valence-electron chi connectivity index (χ0n) is 10.2. The zero-order valence-corrected chi connectivity index (χ0v) is 12.6. The van der Waals surface area contributed by atoms with Crippen molar-refractivity contribution < 1.29 is 23.7 Å². The fourth-order valence-corrected chi connectivity index (χ4v) is 3.22. The largest absolute Gasteiger partial charge is 0.395 e. The molecule has 0 aromatic heterocycles. The molecule has 7 heteroatoms. The lowest BCUT2D eigenvalue weighted by Gasteiger charge is -2.18. The van der Waals surface area contributed by atoms with E-state index < -0.39 is 32.6 Å². The van der Waals surface area contributed by atoms with Crippen LogP contribution in [-0.2, 0) is 9.84 Å². The van der Waals surface area contributed by atoms with Gasteiger partial charge in [-0.3, -0.25) is 0 Å². The van der Waals surface area contributed by atoms with E-state index >= 15 is 0 Å². The van der Waals surface area contributed by atoms with Gasteiger partial charge in [-0.1, -0.05) is 34.1 Å². The predicted octanol–water partition coefficient (Wildman–Crippen LogP) is 0.328. The number of hydrogen-bond donors (Lipinski definition) is 3. The second-order valence-electron chi connectivity index (χ2n) is 4.25. The highest BCUT2D eigenvalue weighted by Crippen LogP contribution is 2.15. The Morgan fingerprint density at radius 3 is 2.26 bits per heavy atom. The molecule has 1 rings (SSSR count). The molecule has 0 spiro atoms. The Morgan fingerprint density at radius 2 is 1.74 bits per heavy atom. The molecule has 0 radical (unpaired) electrons. The van der Waals surface area contributed by atoms with Crippen LogP contribution in [-0.4, -0.2) is 53.1 Å². The van der Waals surface area contributed by atoms with Gasteiger partial charge in [0.05, 0.1) is 34.3 Å². The van der Waals surface area contributed by atoms with E-state index in [0.29, 0.717) is 0 Å². The molecule has 0 amide bonds. The van der Waals surface area contributed by atoms with Crippen molar-refractivity contribution >= 4 is 25.8 Å². The minimum atomic E-state index is -3.58. The standard InChI is InChI=1S/C12H17BrO5S/c13-11(7-14)12(16)6-9(15)8-19(17,18)10-4-2-1-3-5-10/h1-5,9,11-12,14-16H,6-8H2/t9-,11-,12+/m0/s1. The zero-order chi connectivity index (χ0) is 14.5. The summed E-state index contributed by atoms with van der Waals surface area (Å²) in [4.78, 5) is -0.442. The number of alkyl halides is 1. The Balaban J connectivity index is 2.64. The van der Waals surface area contributed by atoms with Crippen LogP contribution >= 0.6 is 15.9 Å². The molecule has 5 nitrogen and oxygen atoms in total. The molecule has 0 heterocycles. The summed E-state index contributed by atoms with van der Waals surface area (Å²) in [5, 5.41) is 28.1. The van der Waals surface area contributed by atoms with Crippen LogP contribution in [0.15, 0.2) is 35.2 Å². The third-order valence-electron chi connectivity index (χ3n) is 2.62. The molecule has 0 saturated carbocycles. The first-order valence-electron chi connectivity index (χ1n) is 5.75. The fraction of sp³-hybridized carbons (Fsp3) is 0.500. The molecule has 0 bridgehead atoms. The summed E-state index contributed by atoms with van der Waals surface area (Å²) in [5.74, 6) is -0.459. The third kappa shape index (κ3) is 5.19. The number of benzene rings is 1. The summed E-state index contributed by atoms with van der Waals surface area (Å²) < 4.78 is 23.9. The van der Waals surface area contributed by atoms with Crippen LogP contribution in [0.4, 0.5) is 0 Å². The van der Waals surface area contributed by atoms with E-state index in [9.17, 15) is 18.6 Å². The van der Waals surface area contributed by atoms with E-state index in [-0.39, 0.29) is 17.9 Å². The Kier molecular flexibility index (Phi) is 6.41. The molecule has 1 aromatic rings. The van der Waals surface area contributed by atoms with Gasteiger partial charge in [0.1, 0.15) is 0 Å². The van der Waals surface area contributed by atoms with Gasteiger partial charge in [-0.25, -0.2) is 8.42 Å². The van der Waals surface area contributed by atoms with E-state index in [1.807, 2.05) is 0 Å². The highest BCUT2D eigenvalue weighted by molar-refractivity contribution is 9.09. The Bertz CT molecular complexity index is 476. The van der Waals surface area contributed by atoms with Crippen molar-refractivity contribution in [3.05, 3.63) is 30.3 Å². The van der Waals surface area contributed by atoms with E-state index in [1.165, 1.54) is 12.1 Å². The maximum Gasteiger partial charge on any atom is 0.180 e. The lowest BCUT2D eigenvalue weighted by molar-refractivity contribution is 0.0795. The monoisotopic (exact) mass is 352 g/mol. The second kappa shape index (κ2) is 7.35. The van der Waals surface area contributed by atoms with Gasteiger partial charge in [0.25, 0.3) is 0 Å². The van der Waals surface area contributed by atoms with E-state index in [0.717, 1.165) is 0 Å². The minimum Gasteiger partial charge on any atom is -0.395 e. The molecule has 1 aromatic carbocycles. The molecule has 3 atom stereocenters. The lowest BCUT2D eigenvalue weighted by atomic mass is 10.1.